The summed E-state index contributed by atoms with van der Waals surface area (Å²) < 4.78 is 19.9. The number of nitrogens with zero attached hydrogens (tertiary/aromatic N) is 4. The summed E-state index contributed by atoms with van der Waals surface area (Å²) in [5, 5.41) is 8.49. The highest BCUT2D eigenvalue weighted by molar-refractivity contribution is 5.85. The van der Waals surface area contributed by atoms with E-state index in [0.29, 0.717) is 17.0 Å². The molecule has 2 aromatic heterocycles. The highest BCUT2D eigenvalue weighted by Crippen LogP contribution is 2.33. The topological polar surface area (TPSA) is 57.3 Å². The lowest BCUT2D eigenvalue weighted by Crippen LogP contribution is -2.44. The van der Waals surface area contributed by atoms with Crippen LogP contribution in [0.1, 0.15) is 11.3 Å². The van der Waals surface area contributed by atoms with Gasteiger partial charge < -0.3 is 14.5 Å². The van der Waals surface area contributed by atoms with Gasteiger partial charge in [-0.1, -0.05) is 18.2 Å². The molecule has 3 heterocycles. The van der Waals surface area contributed by atoms with Gasteiger partial charge in [-0.2, -0.15) is 5.10 Å². The van der Waals surface area contributed by atoms with Gasteiger partial charge in [0, 0.05) is 42.9 Å². The van der Waals surface area contributed by atoms with Crippen LogP contribution in [0.2, 0.25) is 0 Å². The van der Waals surface area contributed by atoms with E-state index >= 15 is 0 Å². The summed E-state index contributed by atoms with van der Waals surface area (Å²) in [6.07, 6.45) is 3.38. The number of nitrogens with one attached hydrogen (secondary N) is 1. The van der Waals surface area contributed by atoms with Crippen molar-refractivity contribution in [3.05, 3.63) is 71.8 Å². The number of H-pyrrole nitrogens is 1. The molecule has 1 fully saturated rings. The van der Waals surface area contributed by atoms with Crippen LogP contribution in [0.15, 0.2) is 54.7 Å². The van der Waals surface area contributed by atoms with Crippen molar-refractivity contribution in [2.45, 2.75) is 12.8 Å². The van der Waals surface area contributed by atoms with Gasteiger partial charge in [-0.3, -0.25) is 10.1 Å². The Bertz CT molecular complexity index is 1250. The maximum absolute atomic E-state index is 14.6. The van der Waals surface area contributed by atoms with Gasteiger partial charge in [0.05, 0.1) is 24.6 Å². The van der Waals surface area contributed by atoms with E-state index in [9.17, 15) is 4.39 Å². The first-order chi connectivity index (χ1) is 16.1. The minimum atomic E-state index is -0.355. The average Bonchev–Trinajstić information content (AvgIpc) is 3.25. The summed E-state index contributed by atoms with van der Waals surface area (Å²) in [7, 11) is 3.71. The molecule has 1 N–H and O–H groups in total. The Labute approximate surface area is 193 Å². The molecule has 0 saturated carbocycles. The first-order valence-corrected chi connectivity index (χ1v) is 11.3. The van der Waals surface area contributed by atoms with Crippen molar-refractivity contribution in [3.8, 4) is 17.0 Å². The van der Waals surface area contributed by atoms with E-state index in [1.165, 1.54) is 24.4 Å². The summed E-state index contributed by atoms with van der Waals surface area (Å²) in [5.74, 6) is 0.110. The molecule has 0 aliphatic carbocycles. The molecular weight excluding hydrogens is 417 g/mol. The Kier molecular flexibility index (Phi) is 5.96. The molecule has 1 saturated heterocycles. The molecule has 0 amide bonds. The molecule has 0 radical (unpaired) electrons. The fraction of sp³-hybridized carbons (Fsp3) is 0.308. The van der Waals surface area contributed by atoms with Crippen LogP contribution in [-0.2, 0) is 12.8 Å². The first kappa shape index (κ1) is 21.4. The molecule has 0 bridgehead atoms. The van der Waals surface area contributed by atoms with Gasteiger partial charge in [0.2, 0.25) is 0 Å². The van der Waals surface area contributed by atoms with Crippen LogP contribution >= 0.6 is 0 Å². The van der Waals surface area contributed by atoms with E-state index in [1.54, 1.807) is 18.3 Å². The molecule has 6 nitrogen and oxygen atoms in total. The molecule has 33 heavy (non-hydrogen) atoms. The van der Waals surface area contributed by atoms with Crippen molar-refractivity contribution in [1.82, 2.24) is 20.1 Å². The lowest BCUT2D eigenvalue weighted by atomic mass is 10.0. The van der Waals surface area contributed by atoms with Crippen LogP contribution in [0.4, 0.5) is 10.1 Å². The second kappa shape index (κ2) is 9.19. The summed E-state index contributed by atoms with van der Waals surface area (Å²) in [4.78, 5) is 9.23. The van der Waals surface area contributed by atoms with Gasteiger partial charge in [-0.05, 0) is 55.8 Å². The van der Waals surface area contributed by atoms with Crippen LogP contribution in [-0.4, -0.2) is 60.4 Å². The summed E-state index contributed by atoms with van der Waals surface area (Å²) in [6.45, 7) is 4.34. The van der Waals surface area contributed by atoms with E-state index in [4.69, 9.17) is 4.74 Å². The van der Waals surface area contributed by atoms with Gasteiger partial charge in [0.15, 0.2) is 0 Å². The van der Waals surface area contributed by atoms with Crippen LogP contribution in [0.3, 0.4) is 0 Å². The number of benzene rings is 2. The number of piperazine rings is 1. The molecule has 1 aliphatic heterocycles. The lowest BCUT2D eigenvalue weighted by molar-refractivity contribution is 0.313. The minimum absolute atomic E-state index is 0.355. The van der Waals surface area contributed by atoms with Crippen molar-refractivity contribution in [2.24, 2.45) is 0 Å². The third-order valence-corrected chi connectivity index (χ3v) is 6.44. The number of ether oxygens (including phenoxy) is 1. The van der Waals surface area contributed by atoms with Crippen molar-refractivity contribution in [3.63, 3.8) is 0 Å². The van der Waals surface area contributed by atoms with Crippen LogP contribution in [0.5, 0.6) is 5.75 Å². The van der Waals surface area contributed by atoms with Gasteiger partial charge >= 0.3 is 0 Å². The van der Waals surface area contributed by atoms with Crippen molar-refractivity contribution in [2.75, 3.05) is 45.2 Å². The number of pyridine rings is 1. The third-order valence-electron chi connectivity index (χ3n) is 6.44. The average molecular weight is 446 g/mol. The Hall–Kier alpha value is -3.45. The zero-order valence-corrected chi connectivity index (χ0v) is 19.0. The van der Waals surface area contributed by atoms with E-state index in [0.717, 1.165) is 55.6 Å². The number of hydrogen-bond acceptors (Lipinski definition) is 5. The lowest BCUT2D eigenvalue weighted by Gasteiger charge is -2.34. The predicted octanol–water partition coefficient (Wildman–Crippen LogP) is 4.31. The summed E-state index contributed by atoms with van der Waals surface area (Å²) >= 11 is 0. The van der Waals surface area contributed by atoms with Crippen LogP contribution < -0.4 is 9.64 Å². The minimum Gasteiger partial charge on any atom is -0.496 e. The quantitative estimate of drug-likeness (QED) is 0.479. The SMILES string of the molecule is COc1cccc(F)c1-c1cc2c(CCc3ccc(N4CCN(C)CC4)cc3)[nH]nc2cn1. The highest BCUT2D eigenvalue weighted by Gasteiger charge is 2.16. The van der Waals surface area contributed by atoms with Crippen molar-refractivity contribution < 1.29 is 9.13 Å². The van der Waals surface area contributed by atoms with Gasteiger partial charge in [0.1, 0.15) is 17.1 Å². The molecule has 0 spiro atoms. The maximum atomic E-state index is 14.6. The largest absolute Gasteiger partial charge is 0.496 e. The molecular formula is C26H28FN5O. The number of likely N-dealkylation sites (N-methyl/N-ethyl adjacent to an activating group) is 1. The Morgan fingerprint density at radius 1 is 1.03 bits per heavy atom. The van der Waals surface area contributed by atoms with E-state index < -0.39 is 0 Å². The number of fused-ring (bicyclic) bond motifs is 1. The Morgan fingerprint density at radius 3 is 2.58 bits per heavy atom. The Morgan fingerprint density at radius 2 is 1.82 bits per heavy atom. The first-order valence-electron chi connectivity index (χ1n) is 11.3. The number of aromatic nitrogens is 3. The second-order valence-corrected chi connectivity index (χ2v) is 8.56. The van der Waals surface area contributed by atoms with Crippen LogP contribution in [0.25, 0.3) is 22.2 Å². The van der Waals surface area contributed by atoms with Crippen molar-refractivity contribution in [1.29, 1.82) is 0 Å². The smallest absolute Gasteiger partial charge is 0.136 e. The van der Waals surface area contributed by atoms with Crippen LogP contribution in [0, 0.1) is 5.82 Å². The summed E-state index contributed by atoms with van der Waals surface area (Å²) in [5.41, 5.74) is 5.26. The van der Waals surface area contributed by atoms with E-state index in [-0.39, 0.29) is 5.82 Å². The number of halogens is 1. The number of aryl methyl sites for hydroxylation is 2. The van der Waals surface area contributed by atoms with Gasteiger partial charge in [0.25, 0.3) is 0 Å². The number of methoxy groups -OCH3 is 1. The molecule has 4 aromatic rings. The number of hydrogen-bond donors (Lipinski definition) is 1. The summed E-state index contributed by atoms with van der Waals surface area (Å²) in [6, 6.07) is 15.6. The fourth-order valence-corrected chi connectivity index (χ4v) is 4.42. The van der Waals surface area contributed by atoms with E-state index in [2.05, 4.69) is 56.3 Å². The number of aromatic amines is 1. The maximum Gasteiger partial charge on any atom is 0.136 e. The molecule has 170 valence electrons. The highest BCUT2D eigenvalue weighted by atomic mass is 19.1. The van der Waals surface area contributed by atoms with Gasteiger partial charge in [-0.25, -0.2) is 4.39 Å². The molecule has 2 aromatic carbocycles. The molecule has 0 unspecified atom stereocenters. The molecule has 0 atom stereocenters. The normalized spacial score (nSPS) is 14.7. The standard InChI is InChI=1S/C26H28FN5O/c1-31-12-14-32(15-13-31)19-9-6-18(7-10-19)8-11-22-20-16-23(28-17-24(20)30-29-22)26-21(27)4-3-5-25(26)33-2/h3-7,9-10,16-17H,8,11-15H2,1-2H3,(H,29,30). The third kappa shape index (κ3) is 4.41. The zero-order chi connectivity index (χ0) is 22.8. The molecule has 7 heteroatoms. The number of anilines is 1. The number of rotatable bonds is 6. The fourth-order valence-electron chi connectivity index (χ4n) is 4.42. The second-order valence-electron chi connectivity index (χ2n) is 8.56. The Balaban J connectivity index is 1.33. The molecule has 1 aliphatic rings. The van der Waals surface area contributed by atoms with Gasteiger partial charge in [-0.15, -0.1) is 0 Å². The van der Waals surface area contributed by atoms with Crippen molar-refractivity contribution >= 4 is 16.6 Å². The van der Waals surface area contributed by atoms with E-state index in [1.807, 2.05) is 6.07 Å². The zero-order valence-electron chi connectivity index (χ0n) is 19.0. The molecule has 5 rings (SSSR count). The monoisotopic (exact) mass is 445 g/mol. The predicted molar refractivity (Wildman–Crippen MR) is 129 cm³/mol.